The second kappa shape index (κ2) is 8.22. The molecule has 0 saturated heterocycles. The lowest BCUT2D eigenvalue weighted by Gasteiger charge is -2.07. The maximum atomic E-state index is 12.8. The minimum atomic E-state index is -0.0807. The van der Waals surface area contributed by atoms with Gasteiger partial charge in [0.2, 0.25) is 0 Å². The van der Waals surface area contributed by atoms with Crippen LogP contribution in [-0.2, 0) is 6.54 Å². The van der Waals surface area contributed by atoms with Crippen LogP contribution in [0.4, 0.5) is 5.69 Å². The van der Waals surface area contributed by atoms with Crippen molar-refractivity contribution in [1.29, 1.82) is 0 Å². The van der Waals surface area contributed by atoms with Gasteiger partial charge in [-0.2, -0.15) is 11.3 Å². The lowest BCUT2D eigenvalue weighted by molar-refractivity contribution is 0.0951. The van der Waals surface area contributed by atoms with E-state index >= 15 is 0 Å². The molecule has 0 bridgehead atoms. The van der Waals surface area contributed by atoms with Crippen LogP contribution >= 0.6 is 34.4 Å². The van der Waals surface area contributed by atoms with E-state index in [1.165, 1.54) is 10.5 Å². The van der Waals surface area contributed by atoms with E-state index in [-0.39, 0.29) is 5.91 Å². The van der Waals surface area contributed by atoms with Gasteiger partial charge in [0.1, 0.15) is 0 Å². The molecule has 0 fully saturated rings. The maximum absolute atomic E-state index is 12.8. The molecule has 0 aliphatic carbocycles. The summed E-state index contributed by atoms with van der Waals surface area (Å²) < 4.78 is 0. The average Bonchev–Trinajstić information content (AvgIpc) is 3.40. The number of rotatable bonds is 4. The highest BCUT2D eigenvalue weighted by molar-refractivity contribution is 7.99. The van der Waals surface area contributed by atoms with Gasteiger partial charge in [-0.25, -0.2) is 4.99 Å². The minimum absolute atomic E-state index is 0.0807. The molecular formula is C24H18N2OS3. The number of aliphatic imine (C=N–C) groups is 1. The largest absolute Gasteiger partial charge is 0.347 e. The summed E-state index contributed by atoms with van der Waals surface area (Å²) in [5, 5.41) is 9.30. The molecule has 0 atom stereocenters. The van der Waals surface area contributed by atoms with Crippen LogP contribution in [-0.4, -0.2) is 11.6 Å². The summed E-state index contributed by atoms with van der Waals surface area (Å²) in [6.45, 7) is 2.60. The van der Waals surface area contributed by atoms with Gasteiger partial charge in [0.25, 0.3) is 5.91 Å². The van der Waals surface area contributed by atoms with Gasteiger partial charge in [-0.15, -0.1) is 11.3 Å². The molecule has 3 heterocycles. The third-order valence-electron chi connectivity index (χ3n) is 4.82. The number of hydrogen-bond donors (Lipinski definition) is 1. The number of benzene rings is 2. The Bertz CT molecular complexity index is 1260. The molecule has 2 aromatic carbocycles. The van der Waals surface area contributed by atoms with Gasteiger partial charge in [0.05, 0.1) is 17.9 Å². The average molecular weight is 447 g/mol. The number of amides is 1. The van der Waals surface area contributed by atoms with E-state index < -0.39 is 0 Å². The van der Waals surface area contributed by atoms with Gasteiger partial charge in [-0.1, -0.05) is 30.0 Å². The predicted octanol–water partition coefficient (Wildman–Crippen LogP) is 6.68. The SMILES string of the molecule is Cc1csc(CNC(=O)c2ccc3c(c2)N=C(c2ccsc2)c2ccccc2S3)c1. The van der Waals surface area contributed by atoms with Crippen LogP contribution in [0.3, 0.4) is 0 Å². The van der Waals surface area contributed by atoms with E-state index in [0.29, 0.717) is 12.1 Å². The molecule has 0 spiro atoms. The van der Waals surface area contributed by atoms with E-state index in [2.05, 4.69) is 58.7 Å². The molecule has 1 aliphatic rings. The maximum Gasteiger partial charge on any atom is 0.251 e. The summed E-state index contributed by atoms with van der Waals surface area (Å²) >= 11 is 5.02. The van der Waals surface area contributed by atoms with Gasteiger partial charge < -0.3 is 5.32 Å². The van der Waals surface area contributed by atoms with Gasteiger partial charge >= 0.3 is 0 Å². The molecule has 3 nitrogen and oxygen atoms in total. The molecule has 0 saturated carbocycles. The van der Waals surface area contributed by atoms with Gasteiger partial charge in [0, 0.05) is 36.7 Å². The summed E-state index contributed by atoms with van der Waals surface area (Å²) in [6.07, 6.45) is 0. The highest BCUT2D eigenvalue weighted by atomic mass is 32.2. The topological polar surface area (TPSA) is 41.5 Å². The van der Waals surface area contributed by atoms with Crippen LogP contribution < -0.4 is 5.32 Å². The van der Waals surface area contributed by atoms with E-state index in [1.807, 2.05) is 24.3 Å². The van der Waals surface area contributed by atoms with Crippen molar-refractivity contribution >= 4 is 51.7 Å². The number of nitrogens with zero attached hydrogens (tertiary/aromatic N) is 1. The van der Waals surface area contributed by atoms with E-state index in [1.54, 1.807) is 34.4 Å². The molecule has 6 heteroatoms. The van der Waals surface area contributed by atoms with Crippen molar-refractivity contribution in [2.75, 3.05) is 0 Å². The minimum Gasteiger partial charge on any atom is -0.347 e. The van der Waals surface area contributed by atoms with Crippen molar-refractivity contribution in [3.63, 3.8) is 0 Å². The molecule has 1 amide bonds. The smallest absolute Gasteiger partial charge is 0.251 e. The fourth-order valence-electron chi connectivity index (χ4n) is 3.35. The zero-order valence-electron chi connectivity index (χ0n) is 16.2. The van der Waals surface area contributed by atoms with Gasteiger partial charge in [-0.05, 0) is 59.6 Å². The Labute approximate surface area is 187 Å². The Balaban J connectivity index is 1.49. The summed E-state index contributed by atoms with van der Waals surface area (Å²) in [4.78, 5) is 21.2. The number of nitrogens with one attached hydrogen (secondary N) is 1. The van der Waals surface area contributed by atoms with Crippen molar-refractivity contribution in [3.8, 4) is 0 Å². The normalized spacial score (nSPS) is 12.5. The number of hydrogen-bond acceptors (Lipinski definition) is 5. The van der Waals surface area contributed by atoms with Crippen LogP contribution in [0.2, 0.25) is 0 Å². The summed E-state index contributed by atoms with van der Waals surface area (Å²) in [5.41, 5.74) is 5.85. The molecule has 1 N–H and O–H groups in total. The molecule has 148 valence electrons. The Hall–Kier alpha value is -2.67. The zero-order chi connectivity index (χ0) is 20.5. The first-order valence-electron chi connectivity index (χ1n) is 9.52. The quantitative estimate of drug-likeness (QED) is 0.334. The molecule has 30 heavy (non-hydrogen) atoms. The second-order valence-corrected chi connectivity index (χ2v) is 9.89. The Morgan fingerprint density at radius 2 is 1.93 bits per heavy atom. The van der Waals surface area contributed by atoms with Crippen LogP contribution in [0, 0.1) is 6.92 Å². The summed E-state index contributed by atoms with van der Waals surface area (Å²) in [5.74, 6) is -0.0807. The number of aryl methyl sites for hydroxylation is 1. The van der Waals surface area contributed by atoms with Crippen LogP contribution in [0.15, 0.2) is 85.5 Å². The number of carbonyl (C=O) groups excluding carboxylic acids is 1. The van der Waals surface area contributed by atoms with Crippen molar-refractivity contribution in [3.05, 3.63) is 97.9 Å². The highest BCUT2D eigenvalue weighted by Crippen LogP contribution is 2.41. The van der Waals surface area contributed by atoms with E-state index in [0.717, 1.165) is 32.3 Å². The van der Waals surface area contributed by atoms with Crippen molar-refractivity contribution in [2.45, 2.75) is 23.3 Å². The first kappa shape index (κ1) is 19.3. The fourth-order valence-corrected chi connectivity index (χ4v) is 5.81. The first-order chi connectivity index (χ1) is 14.7. The fraction of sp³-hybridized carbons (Fsp3) is 0.0833. The monoisotopic (exact) mass is 446 g/mol. The van der Waals surface area contributed by atoms with Crippen molar-refractivity contribution in [2.24, 2.45) is 4.99 Å². The van der Waals surface area contributed by atoms with Crippen molar-refractivity contribution < 1.29 is 4.79 Å². The zero-order valence-corrected chi connectivity index (χ0v) is 18.7. The van der Waals surface area contributed by atoms with Crippen molar-refractivity contribution in [1.82, 2.24) is 5.32 Å². The van der Waals surface area contributed by atoms with E-state index in [4.69, 9.17) is 4.99 Å². The number of fused-ring (bicyclic) bond motifs is 2. The molecule has 4 aromatic rings. The summed E-state index contributed by atoms with van der Waals surface area (Å²) in [7, 11) is 0. The van der Waals surface area contributed by atoms with Crippen LogP contribution in [0.1, 0.15) is 31.9 Å². The number of carbonyl (C=O) groups is 1. The highest BCUT2D eigenvalue weighted by Gasteiger charge is 2.20. The molecule has 5 rings (SSSR count). The Morgan fingerprint density at radius 1 is 1.03 bits per heavy atom. The van der Waals surface area contributed by atoms with Gasteiger partial charge in [0.15, 0.2) is 0 Å². The Morgan fingerprint density at radius 3 is 2.73 bits per heavy atom. The first-order valence-corrected chi connectivity index (χ1v) is 12.2. The predicted molar refractivity (Wildman–Crippen MR) is 127 cm³/mol. The molecule has 0 unspecified atom stereocenters. The third-order valence-corrected chi connectivity index (χ3v) is 7.70. The number of thiophene rings is 2. The third kappa shape index (κ3) is 3.86. The van der Waals surface area contributed by atoms with Crippen LogP contribution in [0.25, 0.3) is 0 Å². The molecule has 0 radical (unpaired) electrons. The lowest BCUT2D eigenvalue weighted by atomic mass is 10.0. The van der Waals surface area contributed by atoms with Crippen LogP contribution in [0.5, 0.6) is 0 Å². The lowest BCUT2D eigenvalue weighted by Crippen LogP contribution is -2.22. The molecular weight excluding hydrogens is 428 g/mol. The second-order valence-electron chi connectivity index (χ2n) is 7.03. The van der Waals surface area contributed by atoms with Gasteiger partial charge in [-0.3, -0.25) is 4.79 Å². The summed E-state index contributed by atoms with van der Waals surface area (Å²) in [6, 6.07) is 18.3. The van der Waals surface area contributed by atoms with E-state index in [9.17, 15) is 4.79 Å². The molecule has 2 aromatic heterocycles. The Kier molecular flexibility index (Phi) is 5.29. The molecule has 1 aliphatic heterocycles. The standard InChI is InChI=1S/C24H18N2OS3/c1-15-10-18(29-13-15)12-25-24(27)16-6-7-22-20(11-16)26-23(17-8-9-28-14-17)19-4-2-3-5-21(19)30-22/h2-11,13-14H,12H2,1H3,(H,25,27).